The van der Waals surface area contributed by atoms with Gasteiger partial charge in [-0.25, -0.2) is 0 Å². The summed E-state index contributed by atoms with van der Waals surface area (Å²) in [6.07, 6.45) is 18.7. The highest BCUT2D eigenvalue weighted by atomic mass is 16.6. The summed E-state index contributed by atoms with van der Waals surface area (Å²) < 4.78 is 5.27. The van der Waals surface area contributed by atoms with E-state index in [9.17, 15) is 9.90 Å². The van der Waals surface area contributed by atoms with Crippen LogP contribution in [0, 0.1) is 5.92 Å². The Labute approximate surface area is 155 Å². The highest BCUT2D eigenvalue weighted by Crippen LogP contribution is 2.31. The van der Waals surface area contributed by atoms with E-state index in [4.69, 9.17) is 4.74 Å². The normalized spacial score (nSPS) is 20.8. The minimum Gasteiger partial charge on any atom is -0.461 e. The number of esters is 1. The van der Waals surface area contributed by atoms with Crippen molar-refractivity contribution in [3.05, 3.63) is 12.7 Å². The van der Waals surface area contributed by atoms with E-state index in [1.165, 1.54) is 57.8 Å². The first-order chi connectivity index (χ1) is 12.2. The predicted octanol–water partition coefficient (Wildman–Crippen LogP) is 5.95. The number of aliphatic hydroxyl groups is 1. The van der Waals surface area contributed by atoms with Crippen molar-refractivity contribution in [3.63, 3.8) is 0 Å². The number of rotatable bonds is 17. The SMILES string of the molecule is C=CCCCCCCCCCC(O)C[C@@H]1OC(=O)[C@H]1CCCCCC. The largest absolute Gasteiger partial charge is 0.461 e. The number of hydrogen-bond donors (Lipinski definition) is 1. The van der Waals surface area contributed by atoms with Crippen LogP contribution < -0.4 is 0 Å². The number of carbonyl (C=O) groups is 1. The van der Waals surface area contributed by atoms with E-state index >= 15 is 0 Å². The zero-order chi connectivity index (χ0) is 18.3. The van der Waals surface area contributed by atoms with Gasteiger partial charge in [-0.1, -0.05) is 77.2 Å². The number of aliphatic hydroxyl groups excluding tert-OH is 1. The van der Waals surface area contributed by atoms with E-state index in [0.29, 0.717) is 6.42 Å². The Balaban J connectivity index is 1.99. The Morgan fingerprint density at radius 1 is 1.04 bits per heavy atom. The molecule has 1 heterocycles. The summed E-state index contributed by atoms with van der Waals surface area (Å²) >= 11 is 0. The van der Waals surface area contributed by atoms with Crippen molar-refractivity contribution in [3.8, 4) is 0 Å². The molecule has 0 amide bonds. The van der Waals surface area contributed by atoms with Gasteiger partial charge in [-0.2, -0.15) is 0 Å². The second-order valence-corrected chi connectivity index (χ2v) is 7.66. The van der Waals surface area contributed by atoms with Gasteiger partial charge in [0.2, 0.25) is 0 Å². The van der Waals surface area contributed by atoms with Crippen LogP contribution in [-0.4, -0.2) is 23.3 Å². The van der Waals surface area contributed by atoms with Crippen molar-refractivity contribution < 1.29 is 14.6 Å². The molecule has 0 radical (unpaired) electrons. The summed E-state index contributed by atoms with van der Waals surface area (Å²) in [6, 6.07) is 0. The van der Waals surface area contributed by atoms with Gasteiger partial charge in [0.15, 0.2) is 0 Å². The highest BCUT2D eigenvalue weighted by Gasteiger charge is 2.42. The van der Waals surface area contributed by atoms with Crippen LogP contribution in [0.15, 0.2) is 12.7 Å². The molecule has 25 heavy (non-hydrogen) atoms. The van der Waals surface area contributed by atoms with Crippen molar-refractivity contribution >= 4 is 5.97 Å². The van der Waals surface area contributed by atoms with Crippen molar-refractivity contribution in [2.24, 2.45) is 5.92 Å². The summed E-state index contributed by atoms with van der Waals surface area (Å²) in [5.74, 6) is -0.00720. The van der Waals surface area contributed by atoms with E-state index in [0.717, 1.165) is 32.1 Å². The molecule has 3 heteroatoms. The second-order valence-electron chi connectivity index (χ2n) is 7.66. The second kappa shape index (κ2) is 14.4. The molecule has 1 rings (SSSR count). The maximum Gasteiger partial charge on any atom is 0.313 e. The monoisotopic (exact) mass is 352 g/mol. The van der Waals surface area contributed by atoms with Crippen molar-refractivity contribution in [1.29, 1.82) is 0 Å². The minimum atomic E-state index is -0.316. The lowest BCUT2D eigenvalue weighted by Gasteiger charge is -2.36. The lowest BCUT2D eigenvalue weighted by Crippen LogP contribution is -2.46. The van der Waals surface area contributed by atoms with Crippen molar-refractivity contribution in [2.75, 3.05) is 0 Å². The van der Waals surface area contributed by atoms with Gasteiger partial charge >= 0.3 is 5.97 Å². The Morgan fingerprint density at radius 2 is 1.68 bits per heavy atom. The summed E-state index contributed by atoms with van der Waals surface area (Å²) in [7, 11) is 0. The van der Waals surface area contributed by atoms with E-state index in [1.807, 2.05) is 6.08 Å². The Hall–Kier alpha value is -0.830. The first kappa shape index (κ1) is 22.2. The molecule has 1 N–H and O–H groups in total. The molecule has 3 atom stereocenters. The van der Waals surface area contributed by atoms with Gasteiger partial charge in [0.05, 0.1) is 12.0 Å². The van der Waals surface area contributed by atoms with Crippen LogP contribution in [0.2, 0.25) is 0 Å². The first-order valence-electron chi connectivity index (χ1n) is 10.7. The molecule has 3 nitrogen and oxygen atoms in total. The molecular formula is C22H40O3. The van der Waals surface area contributed by atoms with Gasteiger partial charge in [-0.05, 0) is 25.7 Å². The Kier molecular flexibility index (Phi) is 12.8. The molecule has 146 valence electrons. The number of cyclic esters (lactones) is 1. The van der Waals surface area contributed by atoms with Crippen LogP contribution in [0.5, 0.6) is 0 Å². The van der Waals surface area contributed by atoms with Gasteiger partial charge in [-0.15, -0.1) is 6.58 Å². The number of allylic oxidation sites excluding steroid dienone is 1. The standard InChI is InChI=1S/C22H40O3/c1-3-5-7-9-10-11-12-13-14-16-19(23)18-21-20(22(24)25-21)17-15-8-6-4-2/h3,19-21,23H,1,4-18H2,2H3/t19?,20-,21-/m0/s1. The summed E-state index contributed by atoms with van der Waals surface area (Å²) in [6.45, 7) is 5.94. The number of carbonyl (C=O) groups excluding carboxylic acids is 1. The third-order valence-corrected chi connectivity index (χ3v) is 5.34. The first-order valence-corrected chi connectivity index (χ1v) is 10.7. The molecule has 0 aromatic heterocycles. The van der Waals surface area contributed by atoms with Crippen LogP contribution in [0.3, 0.4) is 0 Å². The molecule has 1 saturated heterocycles. The molecule has 0 bridgehead atoms. The van der Waals surface area contributed by atoms with Crippen LogP contribution in [0.4, 0.5) is 0 Å². The molecule has 1 aliphatic heterocycles. The molecule has 0 spiro atoms. The molecule has 1 unspecified atom stereocenters. The van der Waals surface area contributed by atoms with Gasteiger partial charge < -0.3 is 9.84 Å². The zero-order valence-corrected chi connectivity index (χ0v) is 16.4. The third-order valence-electron chi connectivity index (χ3n) is 5.34. The Morgan fingerprint density at radius 3 is 2.32 bits per heavy atom. The van der Waals surface area contributed by atoms with Crippen LogP contribution in [-0.2, 0) is 9.53 Å². The molecular weight excluding hydrogens is 312 g/mol. The lowest BCUT2D eigenvalue weighted by atomic mass is 9.86. The highest BCUT2D eigenvalue weighted by molar-refractivity contribution is 5.78. The fourth-order valence-electron chi connectivity index (χ4n) is 3.64. The van der Waals surface area contributed by atoms with E-state index < -0.39 is 0 Å². The number of hydrogen-bond acceptors (Lipinski definition) is 3. The van der Waals surface area contributed by atoms with Gasteiger partial charge in [0.1, 0.15) is 6.10 Å². The Bertz CT molecular complexity index is 353. The zero-order valence-electron chi connectivity index (χ0n) is 16.4. The van der Waals surface area contributed by atoms with E-state index in [2.05, 4.69) is 13.5 Å². The maximum atomic E-state index is 11.6. The van der Waals surface area contributed by atoms with E-state index in [-0.39, 0.29) is 24.1 Å². The maximum absolute atomic E-state index is 11.6. The van der Waals surface area contributed by atoms with Gasteiger partial charge in [-0.3, -0.25) is 4.79 Å². The minimum absolute atomic E-state index is 0.0333. The topological polar surface area (TPSA) is 46.5 Å². The summed E-state index contributed by atoms with van der Waals surface area (Å²) in [4.78, 5) is 11.6. The fraction of sp³-hybridized carbons (Fsp3) is 0.864. The average Bonchev–Trinajstić information content (AvgIpc) is 2.59. The van der Waals surface area contributed by atoms with Crippen molar-refractivity contribution in [2.45, 2.75) is 115 Å². The fourth-order valence-corrected chi connectivity index (χ4v) is 3.64. The molecule has 0 saturated carbocycles. The molecule has 0 aromatic carbocycles. The lowest BCUT2D eigenvalue weighted by molar-refractivity contribution is -0.188. The predicted molar refractivity (Wildman–Crippen MR) is 105 cm³/mol. The number of ether oxygens (including phenoxy) is 1. The quantitative estimate of drug-likeness (QED) is 0.200. The molecule has 0 aliphatic carbocycles. The average molecular weight is 353 g/mol. The third kappa shape index (κ3) is 10.0. The summed E-state index contributed by atoms with van der Waals surface area (Å²) in [5.41, 5.74) is 0. The van der Waals surface area contributed by atoms with Crippen LogP contribution >= 0.6 is 0 Å². The van der Waals surface area contributed by atoms with Gasteiger partial charge in [0, 0.05) is 6.42 Å². The van der Waals surface area contributed by atoms with Crippen LogP contribution in [0.25, 0.3) is 0 Å². The smallest absolute Gasteiger partial charge is 0.313 e. The summed E-state index contributed by atoms with van der Waals surface area (Å²) in [5, 5.41) is 10.2. The molecule has 0 aromatic rings. The molecule has 1 fully saturated rings. The van der Waals surface area contributed by atoms with Crippen molar-refractivity contribution in [1.82, 2.24) is 0 Å². The van der Waals surface area contributed by atoms with Gasteiger partial charge in [0.25, 0.3) is 0 Å². The van der Waals surface area contributed by atoms with Crippen LogP contribution in [0.1, 0.15) is 103 Å². The van der Waals surface area contributed by atoms with E-state index in [1.54, 1.807) is 0 Å². The molecule has 1 aliphatic rings. The number of unbranched alkanes of at least 4 members (excludes halogenated alkanes) is 10.